The van der Waals surface area contributed by atoms with Crippen molar-refractivity contribution in [2.45, 2.75) is 26.0 Å². The second-order valence-corrected chi connectivity index (χ2v) is 5.42. The molecule has 1 aromatic heterocycles. The fraction of sp³-hybridized carbons (Fsp3) is 0.667. The Morgan fingerprint density at radius 2 is 2.47 bits per heavy atom. The highest BCUT2D eigenvalue weighted by Crippen LogP contribution is 2.22. The molecule has 19 heavy (non-hydrogen) atoms. The molecule has 0 saturated carbocycles. The van der Waals surface area contributed by atoms with Crippen LogP contribution in [-0.4, -0.2) is 40.7 Å². The van der Waals surface area contributed by atoms with Crippen molar-refractivity contribution in [1.29, 1.82) is 0 Å². The molecule has 2 N–H and O–H groups in total. The molecule has 2 atom stereocenters. The molecule has 0 amide bonds. The van der Waals surface area contributed by atoms with E-state index in [0.717, 1.165) is 19.6 Å². The fourth-order valence-corrected chi connectivity index (χ4v) is 2.57. The molecule has 2 unspecified atom stereocenters. The van der Waals surface area contributed by atoms with Crippen LogP contribution in [0.25, 0.3) is 0 Å². The Kier molecular flexibility index (Phi) is 4.95. The summed E-state index contributed by atoms with van der Waals surface area (Å²) in [5, 5.41) is 16.1. The van der Waals surface area contributed by atoms with E-state index in [1.165, 1.54) is 4.68 Å². The number of nitrogens with zero attached hydrogens (tertiary/aromatic N) is 2. The van der Waals surface area contributed by atoms with Gasteiger partial charge in [0.15, 0.2) is 0 Å². The van der Waals surface area contributed by atoms with E-state index in [1.807, 2.05) is 0 Å². The van der Waals surface area contributed by atoms with Crippen LogP contribution in [-0.2, 0) is 11.3 Å². The molecule has 1 aliphatic rings. The number of aromatic nitrogens is 2. The second-order valence-electron chi connectivity index (χ2n) is 4.63. The first kappa shape index (κ1) is 14.5. The summed E-state index contributed by atoms with van der Waals surface area (Å²) in [6, 6.07) is 0. The van der Waals surface area contributed by atoms with E-state index < -0.39 is 0 Å². The normalized spacial score (nSPS) is 22.7. The molecule has 1 saturated heterocycles. The van der Waals surface area contributed by atoms with Crippen molar-refractivity contribution in [2.24, 2.45) is 5.92 Å². The Bertz CT molecular complexity index is 492. The standard InChI is InChI=1S/C12H18BrN3O3/c1-8-9(2-5-19-8)6-14-10-7-15-16(3-4-17)12(18)11(10)13/h7-9,14,17H,2-6H2,1H3. The highest BCUT2D eigenvalue weighted by Gasteiger charge is 2.24. The van der Waals surface area contributed by atoms with Gasteiger partial charge < -0.3 is 15.2 Å². The van der Waals surface area contributed by atoms with Crippen molar-refractivity contribution in [1.82, 2.24) is 9.78 Å². The predicted octanol–water partition coefficient (Wildman–Crippen LogP) is 0.835. The summed E-state index contributed by atoms with van der Waals surface area (Å²) in [5.74, 6) is 0.451. The molecule has 1 aliphatic heterocycles. The molecule has 0 aliphatic carbocycles. The summed E-state index contributed by atoms with van der Waals surface area (Å²) in [7, 11) is 0. The number of hydrogen-bond acceptors (Lipinski definition) is 5. The monoisotopic (exact) mass is 331 g/mol. The molecule has 0 radical (unpaired) electrons. The van der Waals surface area contributed by atoms with Crippen molar-refractivity contribution < 1.29 is 9.84 Å². The number of hydrogen-bond donors (Lipinski definition) is 2. The maximum Gasteiger partial charge on any atom is 0.283 e. The molecular weight excluding hydrogens is 314 g/mol. The Labute approximate surface area is 119 Å². The Morgan fingerprint density at radius 3 is 3.11 bits per heavy atom. The van der Waals surface area contributed by atoms with E-state index in [4.69, 9.17) is 9.84 Å². The van der Waals surface area contributed by atoms with Crippen LogP contribution in [0.4, 0.5) is 5.69 Å². The van der Waals surface area contributed by atoms with Gasteiger partial charge in [0.1, 0.15) is 4.47 Å². The van der Waals surface area contributed by atoms with Gasteiger partial charge in [0.2, 0.25) is 0 Å². The summed E-state index contributed by atoms with van der Waals surface area (Å²) in [4.78, 5) is 11.9. The van der Waals surface area contributed by atoms with Crippen molar-refractivity contribution >= 4 is 21.6 Å². The molecule has 106 valence electrons. The van der Waals surface area contributed by atoms with E-state index in [1.54, 1.807) is 6.20 Å². The Balaban J connectivity index is 2.04. The van der Waals surface area contributed by atoms with E-state index in [2.05, 4.69) is 33.3 Å². The fourth-order valence-electron chi connectivity index (χ4n) is 2.13. The van der Waals surface area contributed by atoms with Crippen molar-refractivity contribution in [2.75, 3.05) is 25.1 Å². The lowest BCUT2D eigenvalue weighted by Crippen LogP contribution is -2.27. The molecule has 1 aromatic rings. The van der Waals surface area contributed by atoms with Crippen LogP contribution >= 0.6 is 15.9 Å². The number of aliphatic hydroxyl groups is 1. The van der Waals surface area contributed by atoms with Gasteiger partial charge in [-0.05, 0) is 29.3 Å². The molecule has 0 aromatic carbocycles. The lowest BCUT2D eigenvalue weighted by molar-refractivity contribution is 0.108. The van der Waals surface area contributed by atoms with Gasteiger partial charge in [-0.3, -0.25) is 4.79 Å². The van der Waals surface area contributed by atoms with Crippen LogP contribution in [0.5, 0.6) is 0 Å². The minimum Gasteiger partial charge on any atom is -0.394 e. The average Bonchev–Trinajstić information content (AvgIpc) is 2.80. The SMILES string of the molecule is CC1OCCC1CNc1cnn(CCO)c(=O)c1Br. The highest BCUT2D eigenvalue weighted by atomic mass is 79.9. The summed E-state index contributed by atoms with van der Waals surface area (Å²) in [6.45, 7) is 3.70. The zero-order valence-electron chi connectivity index (χ0n) is 10.8. The average molecular weight is 332 g/mol. The number of halogens is 1. The molecule has 2 heterocycles. The van der Waals surface area contributed by atoms with Crippen LogP contribution < -0.4 is 10.9 Å². The third kappa shape index (κ3) is 3.34. The maximum absolute atomic E-state index is 11.9. The van der Waals surface area contributed by atoms with E-state index in [0.29, 0.717) is 16.1 Å². The summed E-state index contributed by atoms with van der Waals surface area (Å²) >= 11 is 3.28. The van der Waals surface area contributed by atoms with E-state index >= 15 is 0 Å². The van der Waals surface area contributed by atoms with Crippen molar-refractivity contribution in [3.05, 3.63) is 21.0 Å². The van der Waals surface area contributed by atoms with Crippen LogP contribution in [0.2, 0.25) is 0 Å². The number of ether oxygens (including phenoxy) is 1. The molecule has 1 fully saturated rings. The van der Waals surface area contributed by atoms with Gasteiger partial charge in [-0.2, -0.15) is 5.10 Å². The number of rotatable bonds is 5. The number of aliphatic hydroxyl groups excluding tert-OH is 1. The predicted molar refractivity (Wildman–Crippen MR) is 75.3 cm³/mol. The number of nitrogens with one attached hydrogen (secondary N) is 1. The van der Waals surface area contributed by atoms with Crippen molar-refractivity contribution in [3.63, 3.8) is 0 Å². The highest BCUT2D eigenvalue weighted by molar-refractivity contribution is 9.10. The van der Waals surface area contributed by atoms with Crippen LogP contribution in [0, 0.1) is 5.92 Å². The van der Waals surface area contributed by atoms with E-state index in [9.17, 15) is 4.79 Å². The largest absolute Gasteiger partial charge is 0.394 e. The first-order chi connectivity index (χ1) is 9.13. The van der Waals surface area contributed by atoms with Gasteiger partial charge in [-0.25, -0.2) is 4.68 Å². The van der Waals surface area contributed by atoms with Gasteiger partial charge in [0.05, 0.1) is 31.1 Å². The van der Waals surface area contributed by atoms with Gasteiger partial charge in [0.25, 0.3) is 5.56 Å². The third-order valence-electron chi connectivity index (χ3n) is 3.38. The zero-order chi connectivity index (χ0) is 13.8. The lowest BCUT2D eigenvalue weighted by Gasteiger charge is -2.16. The minimum atomic E-state index is -0.241. The molecule has 0 bridgehead atoms. The summed E-state index contributed by atoms with van der Waals surface area (Å²) < 4.78 is 7.18. The van der Waals surface area contributed by atoms with Crippen LogP contribution in [0.1, 0.15) is 13.3 Å². The second kappa shape index (κ2) is 6.49. The molecule has 6 nitrogen and oxygen atoms in total. The van der Waals surface area contributed by atoms with Gasteiger partial charge in [-0.15, -0.1) is 0 Å². The lowest BCUT2D eigenvalue weighted by atomic mass is 10.0. The summed E-state index contributed by atoms with van der Waals surface area (Å²) in [5.41, 5.74) is 0.438. The molecular formula is C12H18BrN3O3. The Hall–Kier alpha value is -0.920. The van der Waals surface area contributed by atoms with Gasteiger partial charge in [-0.1, -0.05) is 0 Å². The third-order valence-corrected chi connectivity index (χ3v) is 4.15. The van der Waals surface area contributed by atoms with E-state index in [-0.39, 0.29) is 24.8 Å². The summed E-state index contributed by atoms with van der Waals surface area (Å²) in [6.07, 6.45) is 2.87. The molecule has 0 spiro atoms. The number of anilines is 1. The quantitative estimate of drug-likeness (QED) is 0.836. The molecule has 7 heteroatoms. The van der Waals surface area contributed by atoms with Crippen LogP contribution in [0.3, 0.4) is 0 Å². The smallest absolute Gasteiger partial charge is 0.283 e. The van der Waals surface area contributed by atoms with Crippen LogP contribution in [0.15, 0.2) is 15.5 Å². The van der Waals surface area contributed by atoms with Gasteiger partial charge in [0, 0.05) is 19.1 Å². The first-order valence-electron chi connectivity index (χ1n) is 6.35. The van der Waals surface area contributed by atoms with Gasteiger partial charge >= 0.3 is 0 Å². The minimum absolute atomic E-state index is 0.108. The van der Waals surface area contributed by atoms with Crippen molar-refractivity contribution in [3.8, 4) is 0 Å². The Morgan fingerprint density at radius 1 is 1.68 bits per heavy atom. The zero-order valence-corrected chi connectivity index (χ0v) is 12.4. The topological polar surface area (TPSA) is 76.4 Å². The maximum atomic E-state index is 11.9. The molecule has 2 rings (SSSR count). The first-order valence-corrected chi connectivity index (χ1v) is 7.14.